The van der Waals surface area contributed by atoms with Gasteiger partial charge in [-0.05, 0) is 39.2 Å². The average molecular weight is 464 g/mol. The lowest BCUT2D eigenvalue weighted by Gasteiger charge is -2.24. The predicted molar refractivity (Wildman–Crippen MR) is 117 cm³/mol. The fourth-order valence-corrected chi connectivity index (χ4v) is 5.08. The van der Waals surface area contributed by atoms with Crippen molar-refractivity contribution in [2.24, 2.45) is 0 Å². The summed E-state index contributed by atoms with van der Waals surface area (Å²) in [5.41, 5.74) is -2.48. The number of rotatable bonds is 7. The maximum atomic E-state index is 13.4. The number of thiophene rings is 1. The summed E-state index contributed by atoms with van der Waals surface area (Å²) in [5.74, 6) is -0.938. The third kappa shape index (κ3) is 3.80. The summed E-state index contributed by atoms with van der Waals surface area (Å²) in [7, 11) is 0. The molecule has 0 amide bonds. The Bertz CT molecular complexity index is 1250. The van der Waals surface area contributed by atoms with Crippen LogP contribution in [0.25, 0.3) is 21.0 Å². The van der Waals surface area contributed by atoms with Gasteiger partial charge in [0.25, 0.3) is 5.56 Å². The van der Waals surface area contributed by atoms with Crippen LogP contribution in [0.2, 0.25) is 0 Å². The van der Waals surface area contributed by atoms with Gasteiger partial charge in [-0.15, -0.1) is 11.3 Å². The zero-order valence-electron chi connectivity index (χ0n) is 18.1. The van der Waals surface area contributed by atoms with Crippen LogP contribution in [0.4, 0.5) is 0 Å². The molecule has 172 valence electrons. The molecule has 3 aromatic heterocycles. The molecule has 0 saturated carbocycles. The Morgan fingerprint density at radius 3 is 2.69 bits per heavy atom. The number of nitrogens with zero attached hydrogens (tertiary/aromatic N) is 3. The van der Waals surface area contributed by atoms with E-state index < -0.39 is 22.8 Å². The Morgan fingerprint density at radius 2 is 2.06 bits per heavy atom. The normalized spacial score (nSPS) is 15.5. The van der Waals surface area contributed by atoms with Gasteiger partial charge in [0.15, 0.2) is 0 Å². The fourth-order valence-electron chi connectivity index (χ4n) is 3.83. The maximum absolute atomic E-state index is 13.4. The number of aliphatic carboxylic acids is 1. The maximum Gasteiger partial charge on any atom is 0.333 e. The van der Waals surface area contributed by atoms with Crippen molar-refractivity contribution < 1.29 is 23.8 Å². The van der Waals surface area contributed by atoms with E-state index in [2.05, 4.69) is 4.98 Å². The van der Waals surface area contributed by atoms with Crippen LogP contribution in [-0.2, 0) is 26.4 Å². The van der Waals surface area contributed by atoms with Crippen LogP contribution >= 0.6 is 11.3 Å². The number of hydrogen-bond donors (Lipinski definition) is 1. The number of hydrogen-bond acceptors (Lipinski definition) is 8. The van der Waals surface area contributed by atoms with Crippen LogP contribution in [0.3, 0.4) is 0 Å². The van der Waals surface area contributed by atoms with E-state index in [1.807, 2.05) is 0 Å². The fraction of sp³-hybridized carbons (Fsp3) is 0.524. The van der Waals surface area contributed by atoms with Crippen molar-refractivity contribution in [3.63, 3.8) is 0 Å². The number of carboxylic acid groups (broad SMARTS) is 1. The molecule has 1 saturated heterocycles. The van der Waals surface area contributed by atoms with E-state index in [1.165, 1.54) is 42.2 Å². The number of aromatic nitrogens is 3. The average Bonchev–Trinajstić information content (AvgIpc) is 3.39. The van der Waals surface area contributed by atoms with Gasteiger partial charge in [0, 0.05) is 13.2 Å². The molecule has 11 heteroatoms. The highest BCUT2D eigenvalue weighted by Gasteiger charge is 2.35. The molecule has 0 atom stereocenters. The molecule has 0 aliphatic carbocycles. The molecule has 32 heavy (non-hydrogen) atoms. The van der Waals surface area contributed by atoms with Gasteiger partial charge in [-0.1, -0.05) is 0 Å². The summed E-state index contributed by atoms with van der Waals surface area (Å²) in [4.78, 5) is 43.9. The zero-order chi connectivity index (χ0) is 23.0. The van der Waals surface area contributed by atoms with Gasteiger partial charge < -0.3 is 19.0 Å². The summed E-state index contributed by atoms with van der Waals surface area (Å²) in [6.45, 7) is 6.11. The second kappa shape index (κ2) is 8.64. The molecular weight excluding hydrogens is 438 g/mol. The van der Waals surface area contributed by atoms with Crippen LogP contribution in [0.15, 0.2) is 26.5 Å². The Morgan fingerprint density at radius 1 is 1.34 bits per heavy atom. The van der Waals surface area contributed by atoms with E-state index in [4.69, 9.17) is 13.9 Å². The zero-order valence-corrected chi connectivity index (χ0v) is 18.9. The van der Waals surface area contributed by atoms with Crippen molar-refractivity contribution in [3.8, 4) is 10.8 Å². The van der Waals surface area contributed by atoms with E-state index >= 15 is 0 Å². The van der Waals surface area contributed by atoms with Crippen molar-refractivity contribution in [2.45, 2.75) is 51.8 Å². The number of aryl methyl sites for hydroxylation is 1. The monoisotopic (exact) mass is 463 g/mol. The summed E-state index contributed by atoms with van der Waals surface area (Å²) in [6.07, 6.45) is 4.54. The molecular formula is C21H25N3O7S. The van der Waals surface area contributed by atoms with E-state index in [-0.39, 0.29) is 24.6 Å². The van der Waals surface area contributed by atoms with Gasteiger partial charge in [0.2, 0.25) is 5.89 Å². The highest BCUT2D eigenvalue weighted by molar-refractivity contribution is 7.22. The van der Waals surface area contributed by atoms with Crippen molar-refractivity contribution in [1.82, 2.24) is 14.1 Å². The van der Waals surface area contributed by atoms with Crippen LogP contribution < -0.4 is 11.2 Å². The highest BCUT2D eigenvalue weighted by Crippen LogP contribution is 2.35. The first-order valence-electron chi connectivity index (χ1n) is 10.4. The quantitative estimate of drug-likeness (QED) is 0.565. The molecule has 4 rings (SSSR count). The van der Waals surface area contributed by atoms with E-state index in [1.54, 1.807) is 6.92 Å². The molecule has 0 spiro atoms. The van der Waals surface area contributed by atoms with E-state index in [0.717, 1.165) is 17.4 Å². The largest absolute Gasteiger partial charge is 0.480 e. The van der Waals surface area contributed by atoms with Gasteiger partial charge in [-0.3, -0.25) is 9.36 Å². The second-order valence-corrected chi connectivity index (χ2v) is 9.19. The summed E-state index contributed by atoms with van der Waals surface area (Å²) in [5, 5.41) is 9.99. The summed E-state index contributed by atoms with van der Waals surface area (Å²) in [6, 6.07) is 0. The lowest BCUT2D eigenvalue weighted by atomic mass is 10.1. The molecule has 0 radical (unpaired) electrons. The van der Waals surface area contributed by atoms with Crippen molar-refractivity contribution >= 4 is 27.5 Å². The minimum absolute atomic E-state index is 0.0456. The molecule has 1 aliphatic heterocycles. The Labute approximate surface area is 187 Å². The third-order valence-corrected chi connectivity index (χ3v) is 7.06. The highest BCUT2D eigenvalue weighted by atomic mass is 32.1. The molecule has 1 fully saturated rings. The molecule has 0 bridgehead atoms. The molecule has 0 unspecified atom stereocenters. The van der Waals surface area contributed by atoms with Gasteiger partial charge in [-0.25, -0.2) is 19.1 Å². The number of oxazole rings is 1. The van der Waals surface area contributed by atoms with Crippen LogP contribution in [0.5, 0.6) is 0 Å². The van der Waals surface area contributed by atoms with Crippen LogP contribution in [-0.4, -0.2) is 51.1 Å². The van der Waals surface area contributed by atoms with Crippen molar-refractivity contribution in [3.05, 3.63) is 38.9 Å². The van der Waals surface area contributed by atoms with Gasteiger partial charge >= 0.3 is 11.7 Å². The van der Waals surface area contributed by atoms with E-state index in [0.29, 0.717) is 34.4 Å². The Kier molecular flexibility index (Phi) is 6.06. The smallest absolute Gasteiger partial charge is 0.333 e. The minimum atomic E-state index is -1.73. The molecule has 0 aromatic carbocycles. The van der Waals surface area contributed by atoms with Crippen LogP contribution in [0, 0.1) is 6.92 Å². The number of ether oxygens (including phenoxy) is 2. The van der Waals surface area contributed by atoms with E-state index in [9.17, 15) is 19.5 Å². The molecule has 4 heterocycles. The van der Waals surface area contributed by atoms with Crippen molar-refractivity contribution in [2.75, 3.05) is 19.8 Å². The van der Waals surface area contributed by atoms with Crippen LogP contribution in [0.1, 0.15) is 32.3 Å². The first-order chi connectivity index (χ1) is 15.2. The lowest BCUT2D eigenvalue weighted by molar-refractivity contribution is -0.146. The van der Waals surface area contributed by atoms with Gasteiger partial charge in [0.1, 0.15) is 16.6 Å². The summed E-state index contributed by atoms with van der Waals surface area (Å²) >= 11 is 1.22. The van der Waals surface area contributed by atoms with Crippen molar-refractivity contribution in [1.29, 1.82) is 0 Å². The number of fused-ring (bicyclic) bond motifs is 1. The summed E-state index contributed by atoms with van der Waals surface area (Å²) < 4.78 is 18.9. The molecule has 1 N–H and O–H groups in total. The standard InChI is InChI=1S/C21H25N3O7S/c1-12-14-17(25)24(21(2,3)19(26)27)20(28)23(7-11-30-13-4-8-29-9-5-13)18(14)32-15(12)16-22-6-10-31-16/h6,10,13H,4-5,7-9,11H2,1-3H3,(H,26,27). The topological polar surface area (TPSA) is 126 Å². The Hall–Kier alpha value is -2.76. The lowest BCUT2D eigenvalue weighted by Crippen LogP contribution is -2.52. The minimum Gasteiger partial charge on any atom is -0.480 e. The first-order valence-corrected chi connectivity index (χ1v) is 11.2. The Balaban J connectivity index is 1.86. The first kappa shape index (κ1) is 22.4. The molecule has 10 nitrogen and oxygen atoms in total. The molecule has 1 aliphatic rings. The van der Waals surface area contributed by atoms with Gasteiger partial charge in [0.05, 0.1) is 35.7 Å². The third-order valence-electron chi connectivity index (χ3n) is 5.76. The molecule has 3 aromatic rings. The number of carbonyl (C=O) groups is 1. The second-order valence-electron chi connectivity index (χ2n) is 8.20. The van der Waals surface area contributed by atoms with Gasteiger partial charge in [-0.2, -0.15) is 0 Å². The SMILES string of the molecule is Cc1c(-c2ncco2)sc2c1c(=O)n(C(C)(C)C(=O)O)c(=O)n2CCOC1CCOCC1. The predicted octanol–water partition coefficient (Wildman–Crippen LogP) is 2.20. The number of carboxylic acids is 1.